The van der Waals surface area contributed by atoms with Crippen LogP contribution in [0.1, 0.15) is 49.4 Å². The molecular weight excluding hydrogens is 262 g/mol. The summed E-state index contributed by atoms with van der Waals surface area (Å²) in [6.07, 6.45) is 6.33. The van der Waals surface area contributed by atoms with Crippen LogP contribution >= 0.6 is 0 Å². The summed E-state index contributed by atoms with van der Waals surface area (Å²) in [7, 11) is 2.28. The van der Waals surface area contributed by atoms with Gasteiger partial charge in [-0.25, -0.2) is 9.97 Å². The molecule has 1 aliphatic carbocycles. The van der Waals surface area contributed by atoms with Crippen LogP contribution in [0.25, 0.3) is 0 Å². The van der Waals surface area contributed by atoms with Gasteiger partial charge in [0, 0.05) is 36.7 Å². The maximum Gasteiger partial charge on any atom is 0.137 e. The Labute approximate surface area is 126 Å². The molecule has 114 valence electrons. The van der Waals surface area contributed by atoms with Crippen molar-refractivity contribution in [3.63, 3.8) is 0 Å². The first-order chi connectivity index (χ1) is 10.1. The molecule has 3 fully saturated rings. The molecule has 2 aliphatic heterocycles. The van der Waals surface area contributed by atoms with Crippen LogP contribution in [0.4, 0.5) is 11.6 Å². The largest absolute Gasteiger partial charge is 0.383 e. The van der Waals surface area contributed by atoms with Gasteiger partial charge in [0.05, 0.1) is 0 Å². The van der Waals surface area contributed by atoms with E-state index in [9.17, 15) is 0 Å². The van der Waals surface area contributed by atoms with Crippen molar-refractivity contribution in [2.45, 2.75) is 57.0 Å². The van der Waals surface area contributed by atoms with Gasteiger partial charge in [0.15, 0.2) is 0 Å². The van der Waals surface area contributed by atoms with Gasteiger partial charge in [-0.15, -0.1) is 0 Å². The Hall–Kier alpha value is -1.36. The van der Waals surface area contributed by atoms with E-state index in [0.717, 1.165) is 36.3 Å². The maximum atomic E-state index is 6.15. The molecule has 0 amide bonds. The minimum atomic E-state index is 0.553. The van der Waals surface area contributed by atoms with E-state index in [0.29, 0.717) is 17.8 Å². The number of nitrogens with zero attached hydrogens (tertiary/aromatic N) is 4. The second kappa shape index (κ2) is 4.83. The number of nitrogen functional groups attached to an aromatic ring is 1. The summed E-state index contributed by atoms with van der Waals surface area (Å²) in [5, 5.41) is 0. The van der Waals surface area contributed by atoms with Crippen LogP contribution in [0, 0.1) is 6.92 Å². The highest BCUT2D eigenvalue weighted by Gasteiger charge is 2.36. The van der Waals surface area contributed by atoms with Gasteiger partial charge in [0.25, 0.3) is 0 Å². The highest BCUT2D eigenvalue weighted by Crippen LogP contribution is 2.40. The fourth-order valence-electron chi connectivity index (χ4n) is 3.87. The first-order valence-corrected chi connectivity index (χ1v) is 8.24. The highest BCUT2D eigenvalue weighted by molar-refractivity contribution is 5.57. The number of hydrogen-bond acceptors (Lipinski definition) is 5. The average Bonchev–Trinajstić information content (AvgIpc) is 3.23. The molecule has 3 heterocycles. The zero-order chi connectivity index (χ0) is 14.6. The fraction of sp³-hybridized carbons (Fsp3) is 0.750. The summed E-state index contributed by atoms with van der Waals surface area (Å²) in [6, 6.07) is 1.42. The zero-order valence-electron chi connectivity index (χ0n) is 13.0. The number of anilines is 2. The van der Waals surface area contributed by atoms with Crippen molar-refractivity contribution in [3.8, 4) is 0 Å². The van der Waals surface area contributed by atoms with Crippen LogP contribution in [-0.4, -0.2) is 47.1 Å². The smallest absolute Gasteiger partial charge is 0.137 e. The molecule has 2 bridgehead atoms. The predicted molar refractivity (Wildman–Crippen MR) is 84.6 cm³/mol. The van der Waals surface area contributed by atoms with Crippen molar-refractivity contribution in [1.29, 1.82) is 0 Å². The molecule has 0 spiro atoms. The van der Waals surface area contributed by atoms with E-state index >= 15 is 0 Å². The van der Waals surface area contributed by atoms with E-state index in [1.54, 1.807) is 0 Å². The minimum absolute atomic E-state index is 0.553. The number of hydrogen-bond donors (Lipinski definition) is 1. The molecule has 3 aliphatic rings. The topological polar surface area (TPSA) is 58.3 Å². The standard InChI is InChI=1S/C16H25N5/c1-10-14(17)18-15(11-3-4-11)19-16(10)21-8-7-12-5-6-13(9-21)20(12)2/h11-13H,3-9H2,1-2H3,(H2,17,18,19). The first-order valence-electron chi connectivity index (χ1n) is 8.24. The number of aromatic nitrogens is 2. The Morgan fingerprint density at radius 1 is 1.05 bits per heavy atom. The SMILES string of the molecule is Cc1c(N)nc(C2CC2)nc1N1CCC2CCC(C1)N2C. The van der Waals surface area contributed by atoms with E-state index in [1.807, 2.05) is 0 Å². The molecule has 1 aromatic heterocycles. The Morgan fingerprint density at radius 3 is 2.57 bits per heavy atom. The van der Waals surface area contributed by atoms with Crippen molar-refractivity contribution in [2.24, 2.45) is 0 Å². The molecule has 0 aromatic carbocycles. The molecule has 2 unspecified atom stereocenters. The molecule has 4 rings (SSSR count). The van der Waals surface area contributed by atoms with Gasteiger partial charge in [0.2, 0.25) is 0 Å². The van der Waals surface area contributed by atoms with Crippen LogP contribution in [0.15, 0.2) is 0 Å². The van der Waals surface area contributed by atoms with Crippen molar-refractivity contribution in [1.82, 2.24) is 14.9 Å². The van der Waals surface area contributed by atoms with Crippen molar-refractivity contribution in [3.05, 3.63) is 11.4 Å². The number of likely N-dealkylation sites (N-methyl/N-ethyl adjacent to an activating group) is 1. The van der Waals surface area contributed by atoms with Gasteiger partial charge in [-0.2, -0.15) is 0 Å². The second-order valence-electron chi connectivity index (χ2n) is 6.98. The predicted octanol–water partition coefficient (Wildman–Crippen LogP) is 1.92. The lowest BCUT2D eigenvalue weighted by molar-refractivity contribution is 0.254. The van der Waals surface area contributed by atoms with Crippen LogP contribution in [-0.2, 0) is 0 Å². The van der Waals surface area contributed by atoms with E-state index in [-0.39, 0.29) is 0 Å². The second-order valence-corrected chi connectivity index (χ2v) is 6.98. The number of rotatable bonds is 2. The number of fused-ring (bicyclic) bond motifs is 2. The molecule has 1 aromatic rings. The summed E-state index contributed by atoms with van der Waals surface area (Å²) in [5.74, 6) is 3.28. The molecule has 2 saturated heterocycles. The van der Waals surface area contributed by atoms with Crippen LogP contribution < -0.4 is 10.6 Å². The highest BCUT2D eigenvalue weighted by atomic mass is 15.3. The Morgan fingerprint density at radius 2 is 1.81 bits per heavy atom. The van der Waals surface area contributed by atoms with Gasteiger partial charge < -0.3 is 10.6 Å². The van der Waals surface area contributed by atoms with Crippen molar-refractivity contribution < 1.29 is 0 Å². The van der Waals surface area contributed by atoms with Crippen molar-refractivity contribution in [2.75, 3.05) is 30.8 Å². The monoisotopic (exact) mass is 287 g/mol. The van der Waals surface area contributed by atoms with E-state index in [4.69, 9.17) is 10.7 Å². The van der Waals surface area contributed by atoms with E-state index in [2.05, 4.69) is 28.8 Å². The minimum Gasteiger partial charge on any atom is -0.383 e. The van der Waals surface area contributed by atoms with Crippen molar-refractivity contribution >= 4 is 11.6 Å². The van der Waals surface area contributed by atoms with Gasteiger partial charge in [0.1, 0.15) is 17.5 Å². The lowest BCUT2D eigenvalue weighted by atomic mass is 10.1. The summed E-state index contributed by atoms with van der Waals surface area (Å²) < 4.78 is 0. The molecule has 5 nitrogen and oxygen atoms in total. The first kappa shape index (κ1) is 13.3. The molecule has 2 atom stereocenters. The van der Waals surface area contributed by atoms with Gasteiger partial charge >= 0.3 is 0 Å². The Balaban J connectivity index is 1.66. The quantitative estimate of drug-likeness (QED) is 0.900. The van der Waals surface area contributed by atoms with E-state index < -0.39 is 0 Å². The lowest BCUT2D eigenvalue weighted by Crippen LogP contribution is -2.37. The zero-order valence-corrected chi connectivity index (χ0v) is 13.0. The molecule has 21 heavy (non-hydrogen) atoms. The Bertz CT molecular complexity index is 554. The third kappa shape index (κ3) is 2.27. The molecule has 0 radical (unpaired) electrons. The van der Waals surface area contributed by atoms with Crippen LogP contribution in [0.2, 0.25) is 0 Å². The summed E-state index contributed by atoms with van der Waals surface area (Å²) >= 11 is 0. The van der Waals surface area contributed by atoms with Crippen LogP contribution in [0.5, 0.6) is 0 Å². The third-order valence-electron chi connectivity index (χ3n) is 5.57. The normalized spacial score (nSPS) is 29.7. The summed E-state index contributed by atoms with van der Waals surface area (Å²) in [5.41, 5.74) is 7.20. The maximum absolute atomic E-state index is 6.15. The van der Waals surface area contributed by atoms with Crippen LogP contribution in [0.3, 0.4) is 0 Å². The fourth-order valence-corrected chi connectivity index (χ4v) is 3.87. The number of nitrogens with two attached hydrogens (primary N) is 1. The van der Waals surface area contributed by atoms with Gasteiger partial charge in [-0.1, -0.05) is 0 Å². The van der Waals surface area contributed by atoms with Gasteiger partial charge in [-0.05, 0) is 46.1 Å². The van der Waals surface area contributed by atoms with E-state index in [1.165, 1.54) is 32.1 Å². The lowest BCUT2D eigenvalue weighted by Gasteiger charge is -2.28. The molecule has 5 heteroatoms. The molecular formula is C16H25N5. The Kier molecular flexibility index (Phi) is 3.06. The summed E-state index contributed by atoms with van der Waals surface area (Å²) in [6.45, 7) is 4.23. The van der Waals surface area contributed by atoms with Gasteiger partial charge in [-0.3, -0.25) is 4.90 Å². The molecule has 2 N–H and O–H groups in total. The third-order valence-corrected chi connectivity index (χ3v) is 5.57. The summed E-state index contributed by atoms with van der Waals surface area (Å²) in [4.78, 5) is 14.4. The average molecular weight is 287 g/mol. The molecule has 1 saturated carbocycles.